The average molecular weight is 466 g/mol. The molecule has 9 heteroatoms. The number of imidazole rings is 1. The predicted octanol–water partition coefficient (Wildman–Crippen LogP) is 2.87. The lowest BCUT2D eigenvalue weighted by Gasteiger charge is -2.26. The molecule has 1 aliphatic heterocycles. The lowest BCUT2D eigenvalue weighted by Crippen LogP contribution is -2.37. The molecule has 0 aliphatic carbocycles. The van der Waals surface area contributed by atoms with Crippen LogP contribution in [-0.2, 0) is 16.1 Å². The van der Waals surface area contributed by atoms with Gasteiger partial charge in [0.25, 0.3) is 0 Å². The number of morpholine rings is 1. The van der Waals surface area contributed by atoms with E-state index in [0.29, 0.717) is 24.7 Å². The first-order valence-electron chi connectivity index (χ1n) is 11.5. The number of aromatic amines is 1. The number of hydrogen-bond donors (Lipinski definition) is 1. The van der Waals surface area contributed by atoms with Gasteiger partial charge in [0.15, 0.2) is 11.3 Å². The second-order valence-corrected chi connectivity index (χ2v) is 8.28. The number of H-pyrrole nitrogens is 1. The van der Waals surface area contributed by atoms with Crippen molar-refractivity contribution in [2.24, 2.45) is 0 Å². The van der Waals surface area contributed by atoms with E-state index in [4.69, 9.17) is 14.6 Å². The van der Waals surface area contributed by atoms with Crippen molar-refractivity contribution >= 4 is 16.7 Å². The third-order valence-electron chi connectivity index (χ3n) is 5.94. The molecule has 174 valence electrons. The lowest BCUT2D eigenvalue weighted by atomic mass is 10.1. The predicted molar refractivity (Wildman–Crippen MR) is 130 cm³/mol. The highest BCUT2D eigenvalue weighted by atomic mass is 16.5. The van der Waals surface area contributed by atoms with Crippen molar-refractivity contribution in [2.75, 3.05) is 33.0 Å². The summed E-state index contributed by atoms with van der Waals surface area (Å²) in [5.74, 6) is 6.40. The Morgan fingerprint density at radius 1 is 0.971 bits per heavy atom. The van der Waals surface area contributed by atoms with Crippen LogP contribution in [0.4, 0.5) is 0 Å². The summed E-state index contributed by atoms with van der Waals surface area (Å²) in [5, 5.41) is 12.6. The molecule has 0 saturated carbocycles. The molecule has 9 nitrogen and oxygen atoms in total. The summed E-state index contributed by atoms with van der Waals surface area (Å²) in [7, 11) is 0. The molecule has 35 heavy (non-hydrogen) atoms. The van der Waals surface area contributed by atoms with Crippen LogP contribution >= 0.6 is 0 Å². The van der Waals surface area contributed by atoms with Crippen LogP contribution in [0.1, 0.15) is 16.8 Å². The zero-order chi connectivity index (χ0) is 23.5. The Balaban J connectivity index is 1.19. The molecular formula is C26H23N7O2. The number of hydrogen-bond acceptors (Lipinski definition) is 7. The summed E-state index contributed by atoms with van der Waals surface area (Å²) >= 11 is 0. The second-order valence-electron chi connectivity index (χ2n) is 8.28. The molecule has 5 heterocycles. The molecule has 0 unspecified atom stereocenters. The van der Waals surface area contributed by atoms with E-state index >= 15 is 0 Å². The van der Waals surface area contributed by atoms with Crippen molar-refractivity contribution in [2.45, 2.75) is 6.61 Å². The molecule has 1 N–H and O–H groups in total. The van der Waals surface area contributed by atoms with Gasteiger partial charge in [-0.25, -0.2) is 14.5 Å². The Bertz CT molecular complexity index is 1520. The zero-order valence-electron chi connectivity index (χ0n) is 19.0. The Hall–Kier alpha value is -4.10. The summed E-state index contributed by atoms with van der Waals surface area (Å²) < 4.78 is 13.0. The van der Waals surface area contributed by atoms with Gasteiger partial charge >= 0.3 is 0 Å². The molecule has 4 aromatic heterocycles. The monoisotopic (exact) mass is 465 g/mol. The Morgan fingerprint density at radius 2 is 1.86 bits per heavy atom. The molecule has 6 rings (SSSR count). The summed E-state index contributed by atoms with van der Waals surface area (Å²) in [6, 6.07) is 14.1. The standard InChI is InChI=1S/C26H23N7O2/c1-3-21(4-2-19(1)17-35-18-32-11-13-34-14-12-32)24-7-8-25-28-15-22(33(25)31-24)6-5-20-9-10-27-26-23(20)16-29-30-26/h1-4,7-10,15-16H,11-14,17-18H2,(H,27,29,30). The van der Waals surface area contributed by atoms with Crippen LogP contribution in [0.3, 0.4) is 0 Å². The summed E-state index contributed by atoms with van der Waals surface area (Å²) in [6.45, 7) is 4.59. The zero-order valence-corrected chi connectivity index (χ0v) is 19.0. The Morgan fingerprint density at radius 3 is 2.74 bits per heavy atom. The highest BCUT2D eigenvalue weighted by Crippen LogP contribution is 2.19. The van der Waals surface area contributed by atoms with Crippen molar-refractivity contribution in [3.05, 3.63) is 77.9 Å². The summed E-state index contributed by atoms with van der Waals surface area (Å²) in [4.78, 5) is 11.0. The first-order valence-corrected chi connectivity index (χ1v) is 11.5. The number of nitrogens with one attached hydrogen (secondary N) is 1. The molecule has 5 aromatic rings. The van der Waals surface area contributed by atoms with E-state index in [-0.39, 0.29) is 0 Å². The minimum Gasteiger partial charge on any atom is -0.379 e. The SMILES string of the molecule is C(#Cc1cnc2ccc(-c3ccc(COCN4CCOCC4)cc3)nn12)c1ccnc2[nH]ncc12. The third kappa shape index (κ3) is 4.63. The van der Waals surface area contributed by atoms with E-state index in [1.165, 1.54) is 0 Å². The van der Waals surface area contributed by atoms with Crippen LogP contribution in [0.25, 0.3) is 27.9 Å². The quantitative estimate of drug-likeness (QED) is 0.399. The molecule has 0 atom stereocenters. The molecule has 1 aromatic carbocycles. The van der Waals surface area contributed by atoms with E-state index in [1.807, 2.05) is 18.2 Å². The van der Waals surface area contributed by atoms with Gasteiger partial charge in [-0.2, -0.15) is 10.2 Å². The normalized spacial score (nSPS) is 14.3. The topological polar surface area (TPSA) is 93.5 Å². The van der Waals surface area contributed by atoms with E-state index in [2.05, 4.69) is 61.2 Å². The largest absolute Gasteiger partial charge is 0.379 e. The number of aromatic nitrogens is 6. The average Bonchev–Trinajstić information content (AvgIpc) is 3.55. The van der Waals surface area contributed by atoms with Crippen LogP contribution in [-0.4, -0.2) is 67.7 Å². The van der Waals surface area contributed by atoms with Gasteiger partial charge in [0, 0.05) is 30.4 Å². The highest BCUT2D eigenvalue weighted by molar-refractivity contribution is 5.81. The van der Waals surface area contributed by atoms with Gasteiger partial charge in [-0.1, -0.05) is 30.2 Å². The molecule has 0 spiro atoms. The maximum Gasteiger partial charge on any atom is 0.156 e. The number of pyridine rings is 1. The molecule has 1 fully saturated rings. The molecule has 0 amide bonds. The van der Waals surface area contributed by atoms with Crippen LogP contribution in [0.5, 0.6) is 0 Å². The highest BCUT2D eigenvalue weighted by Gasteiger charge is 2.10. The van der Waals surface area contributed by atoms with E-state index < -0.39 is 0 Å². The first-order chi connectivity index (χ1) is 17.3. The molecule has 0 bridgehead atoms. The van der Waals surface area contributed by atoms with Gasteiger partial charge in [-0.3, -0.25) is 10.00 Å². The Labute approximate surface area is 201 Å². The maximum atomic E-state index is 5.87. The van der Waals surface area contributed by atoms with E-state index in [1.54, 1.807) is 23.1 Å². The van der Waals surface area contributed by atoms with Crippen LogP contribution in [0.2, 0.25) is 0 Å². The van der Waals surface area contributed by atoms with E-state index in [0.717, 1.165) is 59.7 Å². The van der Waals surface area contributed by atoms with Crippen molar-refractivity contribution in [1.82, 2.24) is 34.7 Å². The fraction of sp³-hybridized carbons (Fsp3) is 0.231. The number of rotatable bonds is 5. The maximum absolute atomic E-state index is 5.87. The summed E-state index contributed by atoms with van der Waals surface area (Å²) in [5.41, 5.74) is 6.01. The molecule has 1 saturated heterocycles. The smallest absolute Gasteiger partial charge is 0.156 e. The molecule has 0 radical (unpaired) electrons. The third-order valence-corrected chi connectivity index (χ3v) is 5.94. The second kappa shape index (κ2) is 9.64. The van der Waals surface area contributed by atoms with Crippen molar-refractivity contribution in [3.8, 4) is 23.1 Å². The number of ether oxygens (including phenoxy) is 2. The number of nitrogens with zero attached hydrogens (tertiary/aromatic N) is 6. The van der Waals surface area contributed by atoms with Crippen molar-refractivity contribution in [3.63, 3.8) is 0 Å². The van der Waals surface area contributed by atoms with Gasteiger partial charge in [0.1, 0.15) is 5.69 Å². The first kappa shape index (κ1) is 21.4. The number of benzene rings is 1. The molecule has 1 aliphatic rings. The van der Waals surface area contributed by atoms with Gasteiger partial charge in [0.2, 0.25) is 0 Å². The Kier molecular flexibility index (Phi) is 5.90. The van der Waals surface area contributed by atoms with Crippen LogP contribution < -0.4 is 0 Å². The van der Waals surface area contributed by atoms with Crippen molar-refractivity contribution < 1.29 is 9.47 Å². The summed E-state index contributed by atoms with van der Waals surface area (Å²) in [6.07, 6.45) is 5.18. The van der Waals surface area contributed by atoms with Gasteiger partial charge in [0.05, 0.1) is 50.0 Å². The van der Waals surface area contributed by atoms with Gasteiger partial charge < -0.3 is 9.47 Å². The van der Waals surface area contributed by atoms with Crippen molar-refractivity contribution in [1.29, 1.82) is 0 Å². The van der Waals surface area contributed by atoms with Gasteiger partial charge in [-0.15, -0.1) is 0 Å². The van der Waals surface area contributed by atoms with Gasteiger partial charge in [-0.05, 0) is 29.7 Å². The number of fused-ring (bicyclic) bond motifs is 2. The minimum absolute atomic E-state index is 0.574. The fourth-order valence-corrected chi connectivity index (χ4v) is 4.00. The van der Waals surface area contributed by atoms with E-state index in [9.17, 15) is 0 Å². The van der Waals surface area contributed by atoms with Crippen LogP contribution in [0, 0.1) is 11.8 Å². The fourth-order valence-electron chi connectivity index (χ4n) is 4.00. The van der Waals surface area contributed by atoms with Crippen LogP contribution in [0.15, 0.2) is 61.1 Å². The minimum atomic E-state index is 0.574. The lowest BCUT2D eigenvalue weighted by molar-refractivity contribution is -0.0378. The molecular weight excluding hydrogens is 442 g/mol.